The summed E-state index contributed by atoms with van der Waals surface area (Å²) < 4.78 is 10.1. The minimum absolute atomic E-state index is 0.322. The molecule has 1 aromatic carbocycles. The molecule has 1 saturated carbocycles. The predicted molar refractivity (Wildman–Crippen MR) is 82.7 cm³/mol. The van der Waals surface area contributed by atoms with Gasteiger partial charge >= 0.3 is 12.1 Å². The van der Waals surface area contributed by atoms with Crippen LogP contribution in [-0.4, -0.2) is 36.7 Å². The third kappa shape index (κ3) is 3.24. The van der Waals surface area contributed by atoms with E-state index in [-0.39, 0.29) is 17.6 Å². The molecule has 0 unspecified atom stereocenters. The first-order valence-electron chi connectivity index (χ1n) is 7.35. The predicted octanol–water partition coefficient (Wildman–Crippen LogP) is 3.33. The number of carbonyl (C=O) groups excluding carboxylic acids is 2. The van der Waals surface area contributed by atoms with Crippen LogP contribution in [0.25, 0.3) is 0 Å². The van der Waals surface area contributed by atoms with Crippen molar-refractivity contribution in [2.45, 2.75) is 44.8 Å². The van der Waals surface area contributed by atoms with Gasteiger partial charge in [-0.3, -0.25) is 0 Å². The van der Waals surface area contributed by atoms with Crippen LogP contribution in [0.5, 0.6) is 0 Å². The summed E-state index contributed by atoms with van der Waals surface area (Å²) in [5, 5.41) is 0. The lowest BCUT2D eigenvalue weighted by Crippen LogP contribution is -2.40. The van der Waals surface area contributed by atoms with Gasteiger partial charge in [0.05, 0.1) is 18.2 Å². The van der Waals surface area contributed by atoms with Crippen molar-refractivity contribution >= 4 is 12.1 Å². The van der Waals surface area contributed by atoms with Crippen molar-refractivity contribution in [1.29, 1.82) is 0 Å². The van der Waals surface area contributed by atoms with Gasteiger partial charge in [-0.25, -0.2) is 9.59 Å². The van der Waals surface area contributed by atoms with Gasteiger partial charge in [0, 0.05) is 7.05 Å². The van der Waals surface area contributed by atoms with Crippen LogP contribution in [0.2, 0.25) is 0 Å². The third-order valence-corrected chi connectivity index (χ3v) is 3.88. The zero-order valence-electron chi connectivity index (χ0n) is 13.8. The van der Waals surface area contributed by atoms with Gasteiger partial charge in [-0.2, -0.15) is 0 Å². The molecular weight excluding hydrogens is 282 g/mol. The zero-order chi connectivity index (χ0) is 16.5. The Kier molecular flexibility index (Phi) is 4.18. The second-order valence-electron chi connectivity index (χ2n) is 6.64. The zero-order valence-corrected chi connectivity index (χ0v) is 13.8. The van der Waals surface area contributed by atoms with Gasteiger partial charge in [-0.1, -0.05) is 12.1 Å². The van der Waals surface area contributed by atoms with E-state index >= 15 is 0 Å². The first kappa shape index (κ1) is 16.3. The van der Waals surface area contributed by atoms with E-state index in [0.717, 1.165) is 18.4 Å². The Labute approximate surface area is 131 Å². The average molecular weight is 305 g/mol. The van der Waals surface area contributed by atoms with E-state index in [1.807, 2.05) is 32.9 Å². The maximum Gasteiger partial charge on any atom is 0.410 e. The van der Waals surface area contributed by atoms with Crippen molar-refractivity contribution in [3.05, 3.63) is 35.4 Å². The Balaban J connectivity index is 2.17. The average Bonchev–Trinajstić information content (AvgIpc) is 3.25. The number of hydrogen-bond donors (Lipinski definition) is 0. The fourth-order valence-corrected chi connectivity index (χ4v) is 2.48. The number of esters is 1. The summed E-state index contributed by atoms with van der Waals surface area (Å²) in [6.45, 7) is 5.55. The van der Waals surface area contributed by atoms with Crippen molar-refractivity contribution < 1.29 is 19.1 Å². The molecular formula is C17H23NO4. The molecule has 1 fully saturated rings. The smallest absolute Gasteiger partial charge is 0.410 e. The maximum atomic E-state index is 12.3. The van der Waals surface area contributed by atoms with Gasteiger partial charge in [0.15, 0.2) is 0 Å². The molecule has 0 saturated heterocycles. The van der Waals surface area contributed by atoms with Crippen LogP contribution in [0.4, 0.5) is 4.79 Å². The molecule has 0 spiro atoms. The Morgan fingerprint density at radius 2 is 1.68 bits per heavy atom. The van der Waals surface area contributed by atoms with E-state index in [1.54, 1.807) is 24.1 Å². The number of methoxy groups -OCH3 is 1. The lowest BCUT2D eigenvalue weighted by Gasteiger charge is -2.31. The molecule has 0 N–H and O–H groups in total. The van der Waals surface area contributed by atoms with Gasteiger partial charge in [0.25, 0.3) is 0 Å². The number of hydrogen-bond acceptors (Lipinski definition) is 4. The fourth-order valence-electron chi connectivity index (χ4n) is 2.48. The second-order valence-corrected chi connectivity index (χ2v) is 6.64. The number of carbonyl (C=O) groups is 2. The molecule has 1 aliphatic rings. The van der Waals surface area contributed by atoms with Crippen molar-refractivity contribution in [2.75, 3.05) is 14.2 Å². The molecule has 120 valence electrons. The van der Waals surface area contributed by atoms with Crippen LogP contribution in [0, 0.1) is 0 Å². The fraction of sp³-hybridized carbons (Fsp3) is 0.529. The van der Waals surface area contributed by atoms with Crippen LogP contribution in [-0.2, 0) is 15.0 Å². The van der Waals surface area contributed by atoms with Crippen LogP contribution in [0.3, 0.4) is 0 Å². The number of ether oxygens (including phenoxy) is 2. The van der Waals surface area contributed by atoms with Crippen molar-refractivity contribution in [2.24, 2.45) is 0 Å². The monoisotopic (exact) mass is 305 g/mol. The van der Waals surface area contributed by atoms with Crippen molar-refractivity contribution in [3.63, 3.8) is 0 Å². The second kappa shape index (κ2) is 5.63. The summed E-state index contributed by atoms with van der Waals surface area (Å²) in [5.74, 6) is -0.364. The molecule has 1 amide bonds. The highest BCUT2D eigenvalue weighted by atomic mass is 16.6. The Hall–Kier alpha value is -2.04. The number of amides is 1. The molecule has 22 heavy (non-hydrogen) atoms. The summed E-state index contributed by atoms with van der Waals surface area (Å²) in [6.07, 6.45) is 1.45. The molecule has 5 heteroatoms. The van der Waals surface area contributed by atoms with Gasteiger partial charge in [-0.05, 0) is 51.3 Å². The molecule has 0 bridgehead atoms. The van der Waals surface area contributed by atoms with Crippen LogP contribution in [0.1, 0.15) is 49.5 Å². The van der Waals surface area contributed by atoms with Crippen LogP contribution >= 0.6 is 0 Å². The van der Waals surface area contributed by atoms with E-state index in [0.29, 0.717) is 5.56 Å². The van der Waals surface area contributed by atoms with Gasteiger partial charge in [-0.15, -0.1) is 0 Å². The quantitative estimate of drug-likeness (QED) is 0.804. The van der Waals surface area contributed by atoms with Crippen molar-refractivity contribution in [1.82, 2.24) is 4.90 Å². The number of rotatable bonds is 3. The Morgan fingerprint density at radius 3 is 2.09 bits per heavy atom. The molecule has 5 nitrogen and oxygen atoms in total. The molecule has 0 aliphatic heterocycles. The van der Waals surface area contributed by atoms with Gasteiger partial charge < -0.3 is 14.4 Å². The normalized spacial score (nSPS) is 15.9. The largest absolute Gasteiger partial charge is 0.465 e. The topological polar surface area (TPSA) is 55.8 Å². The van der Waals surface area contributed by atoms with Gasteiger partial charge in [0.2, 0.25) is 0 Å². The van der Waals surface area contributed by atoms with Crippen LogP contribution in [0.15, 0.2) is 24.3 Å². The van der Waals surface area contributed by atoms with E-state index in [4.69, 9.17) is 9.47 Å². The van der Waals surface area contributed by atoms with Gasteiger partial charge in [0.1, 0.15) is 5.60 Å². The first-order chi connectivity index (χ1) is 10.2. The number of nitrogens with zero attached hydrogens (tertiary/aromatic N) is 1. The third-order valence-electron chi connectivity index (χ3n) is 3.88. The van der Waals surface area contributed by atoms with E-state index < -0.39 is 5.60 Å². The highest BCUT2D eigenvalue weighted by Crippen LogP contribution is 2.50. The van der Waals surface area contributed by atoms with E-state index in [2.05, 4.69) is 0 Å². The van der Waals surface area contributed by atoms with E-state index in [1.165, 1.54) is 7.11 Å². The summed E-state index contributed by atoms with van der Waals surface area (Å²) in [7, 11) is 3.12. The lowest BCUT2D eigenvalue weighted by molar-refractivity contribution is 0.0189. The summed E-state index contributed by atoms with van der Waals surface area (Å²) in [4.78, 5) is 25.4. The molecule has 0 aromatic heterocycles. The summed E-state index contributed by atoms with van der Waals surface area (Å²) in [6, 6.07) is 7.20. The standard InChI is InChI=1S/C17H23NO4/c1-16(2,3)22-15(20)18(4)17(10-11-17)13-8-6-12(7-9-13)14(19)21-5/h6-9H,10-11H2,1-5H3. The molecule has 0 heterocycles. The number of benzene rings is 1. The first-order valence-corrected chi connectivity index (χ1v) is 7.35. The summed E-state index contributed by atoms with van der Waals surface area (Å²) >= 11 is 0. The molecule has 0 radical (unpaired) electrons. The lowest BCUT2D eigenvalue weighted by atomic mass is 10.0. The highest BCUT2D eigenvalue weighted by molar-refractivity contribution is 5.89. The maximum absolute atomic E-state index is 12.3. The summed E-state index contributed by atoms with van der Waals surface area (Å²) in [5.41, 5.74) is 0.670. The van der Waals surface area contributed by atoms with Crippen LogP contribution < -0.4 is 0 Å². The minimum Gasteiger partial charge on any atom is -0.465 e. The Morgan fingerprint density at radius 1 is 1.14 bits per heavy atom. The Bertz CT molecular complexity index is 567. The molecule has 1 aliphatic carbocycles. The highest BCUT2D eigenvalue weighted by Gasteiger charge is 2.51. The van der Waals surface area contributed by atoms with E-state index in [9.17, 15) is 9.59 Å². The molecule has 0 atom stereocenters. The SMILES string of the molecule is COC(=O)c1ccc(C2(N(C)C(=O)OC(C)(C)C)CC2)cc1. The van der Waals surface area contributed by atoms with Crippen molar-refractivity contribution in [3.8, 4) is 0 Å². The minimum atomic E-state index is -0.518. The molecule has 2 rings (SSSR count). The molecule has 1 aromatic rings.